The summed E-state index contributed by atoms with van der Waals surface area (Å²) in [6.45, 7) is 1.90. The molecule has 2 aliphatic rings. The first-order valence-electron chi connectivity index (χ1n) is 9.20. The fourth-order valence-corrected chi connectivity index (χ4v) is 4.74. The van der Waals surface area contributed by atoms with Gasteiger partial charge in [0.1, 0.15) is 17.4 Å². The van der Waals surface area contributed by atoms with Crippen LogP contribution in [0.4, 0.5) is 5.69 Å². The van der Waals surface area contributed by atoms with Crippen LogP contribution in [0.25, 0.3) is 0 Å². The minimum Gasteiger partial charge on any atom is -0.497 e. The molecule has 1 amide bonds. The van der Waals surface area contributed by atoms with Crippen LogP contribution in [0, 0.1) is 5.92 Å². The number of rotatable bonds is 3. The Balaban J connectivity index is 1.91. The van der Waals surface area contributed by atoms with Crippen molar-refractivity contribution in [3.63, 3.8) is 0 Å². The summed E-state index contributed by atoms with van der Waals surface area (Å²) >= 11 is 12.0. The smallest absolute Gasteiger partial charge is 0.233 e. The molecule has 152 valence electrons. The first kappa shape index (κ1) is 19.8. The van der Waals surface area contributed by atoms with E-state index in [2.05, 4.69) is 5.32 Å². The molecule has 29 heavy (non-hydrogen) atoms. The van der Waals surface area contributed by atoms with E-state index in [9.17, 15) is 4.79 Å². The standard InChI is InChI=1S/C21H22ClN3O3S/c1-21-17(19(26)24(2)3)18(15-10-12(22)8-9-16(15)28-21)23-20(29)25(21)13-6-5-7-14(11-13)27-4/h5-11,17-18H,1-4H3,(H,23,29)/t17-,18+,21+/m1/s1. The summed E-state index contributed by atoms with van der Waals surface area (Å²) in [6.07, 6.45) is 0. The second kappa shape index (κ2) is 7.07. The number of benzene rings is 2. The van der Waals surface area contributed by atoms with Crippen molar-refractivity contribution in [3.8, 4) is 11.5 Å². The highest BCUT2D eigenvalue weighted by Crippen LogP contribution is 2.50. The summed E-state index contributed by atoms with van der Waals surface area (Å²) < 4.78 is 11.9. The van der Waals surface area contributed by atoms with Crippen molar-refractivity contribution < 1.29 is 14.3 Å². The molecule has 2 heterocycles. The number of fused-ring (bicyclic) bond motifs is 4. The molecule has 1 saturated heterocycles. The third kappa shape index (κ3) is 3.09. The summed E-state index contributed by atoms with van der Waals surface area (Å²) in [5.41, 5.74) is 0.557. The lowest BCUT2D eigenvalue weighted by atomic mass is 9.78. The number of thiocarbonyl (C=S) groups is 1. The molecular weight excluding hydrogens is 410 g/mol. The van der Waals surface area contributed by atoms with E-state index < -0.39 is 11.6 Å². The van der Waals surface area contributed by atoms with Crippen LogP contribution in [0.1, 0.15) is 18.5 Å². The number of carbonyl (C=O) groups is 1. The lowest BCUT2D eigenvalue weighted by Gasteiger charge is -2.56. The summed E-state index contributed by atoms with van der Waals surface area (Å²) in [5.74, 6) is 0.745. The maximum Gasteiger partial charge on any atom is 0.233 e. The Morgan fingerprint density at radius 2 is 2.07 bits per heavy atom. The van der Waals surface area contributed by atoms with Gasteiger partial charge in [-0.25, -0.2) is 0 Å². The topological polar surface area (TPSA) is 54.0 Å². The molecule has 2 aromatic rings. The summed E-state index contributed by atoms with van der Waals surface area (Å²) in [4.78, 5) is 16.7. The molecule has 2 aliphatic heterocycles. The zero-order valence-corrected chi connectivity index (χ0v) is 18.2. The van der Waals surface area contributed by atoms with Gasteiger partial charge in [-0.05, 0) is 49.5 Å². The number of nitrogens with zero attached hydrogens (tertiary/aromatic N) is 2. The fourth-order valence-electron chi connectivity index (χ4n) is 4.15. The van der Waals surface area contributed by atoms with E-state index in [1.54, 1.807) is 32.2 Å². The number of hydrogen-bond donors (Lipinski definition) is 1. The van der Waals surface area contributed by atoms with Gasteiger partial charge in [-0.15, -0.1) is 0 Å². The maximum absolute atomic E-state index is 13.3. The largest absolute Gasteiger partial charge is 0.497 e. The van der Waals surface area contributed by atoms with Crippen molar-refractivity contribution in [2.24, 2.45) is 5.92 Å². The van der Waals surface area contributed by atoms with Gasteiger partial charge in [0.05, 0.1) is 18.8 Å². The minimum absolute atomic E-state index is 0.0639. The highest BCUT2D eigenvalue weighted by molar-refractivity contribution is 7.80. The molecule has 1 fully saturated rings. The zero-order valence-electron chi connectivity index (χ0n) is 16.6. The van der Waals surface area contributed by atoms with Crippen LogP contribution in [0.2, 0.25) is 5.02 Å². The van der Waals surface area contributed by atoms with Crippen molar-refractivity contribution in [1.29, 1.82) is 0 Å². The van der Waals surface area contributed by atoms with Gasteiger partial charge < -0.3 is 19.7 Å². The lowest BCUT2D eigenvalue weighted by Crippen LogP contribution is -2.72. The predicted octanol–water partition coefficient (Wildman–Crippen LogP) is 3.60. The van der Waals surface area contributed by atoms with Crippen LogP contribution >= 0.6 is 23.8 Å². The molecule has 0 spiro atoms. The van der Waals surface area contributed by atoms with E-state index in [0.717, 1.165) is 11.3 Å². The van der Waals surface area contributed by atoms with E-state index in [-0.39, 0.29) is 11.9 Å². The van der Waals surface area contributed by atoms with Crippen LogP contribution in [0.3, 0.4) is 0 Å². The van der Waals surface area contributed by atoms with Crippen LogP contribution < -0.4 is 19.7 Å². The number of methoxy groups -OCH3 is 1. The number of halogens is 1. The number of anilines is 1. The lowest BCUT2D eigenvalue weighted by molar-refractivity contribution is -0.144. The Labute approximate surface area is 180 Å². The number of amides is 1. The van der Waals surface area contributed by atoms with Gasteiger partial charge in [0.15, 0.2) is 10.8 Å². The van der Waals surface area contributed by atoms with Gasteiger partial charge in [0.2, 0.25) is 5.91 Å². The molecule has 3 atom stereocenters. The highest BCUT2D eigenvalue weighted by Gasteiger charge is 2.59. The molecule has 2 aromatic carbocycles. The SMILES string of the molecule is COc1cccc(N2C(=S)N[C@H]3c4cc(Cl)ccc4O[C@@]2(C)[C@H]3C(=O)N(C)C)c1. The number of carbonyl (C=O) groups excluding carboxylic acids is 1. The summed E-state index contributed by atoms with van der Waals surface area (Å²) in [5, 5.41) is 4.41. The van der Waals surface area contributed by atoms with Crippen molar-refractivity contribution in [3.05, 3.63) is 53.1 Å². The molecule has 0 unspecified atom stereocenters. The third-order valence-corrected chi connectivity index (χ3v) is 6.01. The van der Waals surface area contributed by atoms with Crippen LogP contribution in [0.15, 0.2) is 42.5 Å². The molecular formula is C21H22ClN3O3S. The van der Waals surface area contributed by atoms with E-state index in [1.807, 2.05) is 48.2 Å². The average Bonchev–Trinajstić information content (AvgIpc) is 2.67. The normalized spacial score (nSPS) is 24.9. The predicted molar refractivity (Wildman–Crippen MR) is 117 cm³/mol. The zero-order chi connectivity index (χ0) is 20.9. The third-order valence-electron chi connectivity index (χ3n) is 5.48. The quantitative estimate of drug-likeness (QED) is 0.749. The van der Waals surface area contributed by atoms with Crippen LogP contribution in [-0.4, -0.2) is 42.8 Å². The molecule has 2 bridgehead atoms. The Bertz CT molecular complexity index is 999. The molecule has 0 aliphatic carbocycles. The monoisotopic (exact) mass is 431 g/mol. The van der Waals surface area contributed by atoms with Gasteiger partial charge in [-0.3, -0.25) is 9.69 Å². The Hall–Kier alpha value is -2.51. The van der Waals surface area contributed by atoms with Gasteiger partial charge >= 0.3 is 0 Å². The number of hydrogen-bond acceptors (Lipinski definition) is 4. The van der Waals surface area contributed by atoms with Gasteiger partial charge in [0.25, 0.3) is 0 Å². The number of ether oxygens (including phenoxy) is 2. The second-order valence-corrected chi connectivity index (χ2v) is 8.34. The maximum atomic E-state index is 13.3. The molecule has 4 rings (SSSR count). The van der Waals surface area contributed by atoms with E-state index in [0.29, 0.717) is 21.6 Å². The molecule has 1 N–H and O–H groups in total. The Kier molecular flexibility index (Phi) is 4.83. The molecule has 0 aromatic heterocycles. The van der Waals surface area contributed by atoms with Gasteiger partial charge in [-0.2, -0.15) is 0 Å². The second-order valence-electron chi connectivity index (χ2n) is 7.51. The van der Waals surface area contributed by atoms with Crippen molar-refractivity contribution in [2.45, 2.75) is 18.7 Å². The molecule has 6 nitrogen and oxygen atoms in total. The summed E-state index contributed by atoms with van der Waals surface area (Å²) in [6, 6.07) is 12.6. The average molecular weight is 432 g/mol. The van der Waals surface area contributed by atoms with Crippen LogP contribution in [0.5, 0.6) is 11.5 Å². The van der Waals surface area contributed by atoms with Crippen molar-refractivity contribution in [2.75, 3.05) is 26.1 Å². The fraction of sp³-hybridized carbons (Fsp3) is 0.333. The van der Waals surface area contributed by atoms with Gasteiger partial charge in [0, 0.05) is 30.7 Å². The first-order valence-corrected chi connectivity index (χ1v) is 9.99. The Morgan fingerprint density at radius 1 is 1.31 bits per heavy atom. The van der Waals surface area contributed by atoms with Crippen molar-refractivity contribution >= 4 is 40.5 Å². The highest BCUT2D eigenvalue weighted by atomic mass is 35.5. The first-order chi connectivity index (χ1) is 13.8. The van der Waals surface area contributed by atoms with Gasteiger partial charge in [-0.1, -0.05) is 17.7 Å². The van der Waals surface area contributed by atoms with E-state index in [4.69, 9.17) is 33.3 Å². The number of nitrogens with one attached hydrogen (secondary N) is 1. The molecule has 0 saturated carbocycles. The van der Waals surface area contributed by atoms with Crippen molar-refractivity contribution in [1.82, 2.24) is 10.2 Å². The minimum atomic E-state index is -1.04. The summed E-state index contributed by atoms with van der Waals surface area (Å²) in [7, 11) is 5.09. The molecule has 0 radical (unpaired) electrons. The Morgan fingerprint density at radius 3 is 2.76 bits per heavy atom. The van der Waals surface area contributed by atoms with E-state index >= 15 is 0 Å². The van der Waals surface area contributed by atoms with E-state index in [1.165, 1.54) is 0 Å². The van der Waals surface area contributed by atoms with Crippen LogP contribution in [-0.2, 0) is 4.79 Å². The molecule has 8 heteroatoms.